The predicted octanol–water partition coefficient (Wildman–Crippen LogP) is 1.56. The number of rotatable bonds is 2. The number of nitrogens with two attached hydrogens (primary N) is 1. The Morgan fingerprint density at radius 1 is 1.47 bits per heavy atom. The second kappa shape index (κ2) is 4.29. The summed E-state index contributed by atoms with van der Waals surface area (Å²) in [5.74, 6) is -0.187. The maximum absolute atomic E-state index is 11.9. The third kappa shape index (κ3) is 2.44. The Kier molecular flexibility index (Phi) is 2.82. The molecule has 1 amide bonds. The molecule has 0 saturated heterocycles. The van der Waals surface area contributed by atoms with Gasteiger partial charge < -0.3 is 11.1 Å². The van der Waals surface area contributed by atoms with Crippen LogP contribution in [0.5, 0.6) is 0 Å². The van der Waals surface area contributed by atoms with Gasteiger partial charge in [0.1, 0.15) is 0 Å². The monoisotopic (exact) mass is 230 g/mol. The third-order valence-corrected chi connectivity index (χ3v) is 2.41. The molecule has 1 aromatic heterocycles. The molecule has 0 bridgehead atoms. The van der Waals surface area contributed by atoms with Gasteiger partial charge in [0, 0.05) is 24.5 Å². The lowest BCUT2D eigenvalue weighted by Gasteiger charge is -2.04. The van der Waals surface area contributed by atoms with E-state index in [1.165, 1.54) is 0 Å². The molecular formula is C12H14N4O. The fourth-order valence-corrected chi connectivity index (χ4v) is 1.60. The molecule has 17 heavy (non-hydrogen) atoms. The highest BCUT2D eigenvalue weighted by Gasteiger charge is 2.09. The van der Waals surface area contributed by atoms with E-state index in [2.05, 4.69) is 10.4 Å². The number of anilines is 2. The minimum absolute atomic E-state index is 0.187. The zero-order valence-electron chi connectivity index (χ0n) is 9.77. The molecule has 0 atom stereocenters. The first kappa shape index (κ1) is 11.2. The maximum atomic E-state index is 11.9. The largest absolute Gasteiger partial charge is 0.399 e. The Morgan fingerprint density at radius 3 is 2.82 bits per heavy atom. The summed E-state index contributed by atoms with van der Waals surface area (Å²) in [7, 11) is 1.81. The van der Waals surface area contributed by atoms with E-state index in [1.54, 1.807) is 35.1 Å². The van der Waals surface area contributed by atoms with Gasteiger partial charge in [-0.1, -0.05) is 6.07 Å². The van der Waals surface area contributed by atoms with Crippen LogP contribution in [0.15, 0.2) is 30.5 Å². The lowest BCUT2D eigenvalue weighted by Crippen LogP contribution is -2.12. The number of aromatic nitrogens is 2. The number of nitrogens with one attached hydrogen (secondary N) is 1. The van der Waals surface area contributed by atoms with Crippen molar-refractivity contribution >= 4 is 17.3 Å². The standard InChI is InChI=1S/C12H14N4O/c1-8-11(7-16(2)15-8)14-12(17)9-4-3-5-10(13)6-9/h3-7H,13H2,1-2H3,(H,14,17). The summed E-state index contributed by atoms with van der Waals surface area (Å²) in [4.78, 5) is 11.9. The first-order valence-electron chi connectivity index (χ1n) is 5.23. The second-order valence-electron chi connectivity index (χ2n) is 3.88. The van der Waals surface area contributed by atoms with E-state index in [1.807, 2.05) is 14.0 Å². The van der Waals surface area contributed by atoms with Gasteiger partial charge in [-0.05, 0) is 25.1 Å². The first-order valence-corrected chi connectivity index (χ1v) is 5.23. The highest BCUT2D eigenvalue weighted by molar-refractivity contribution is 6.04. The Balaban J connectivity index is 2.20. The van der Waals surface area contributed by atoms with Gasteiger partial charge in [-0.15, -0.1) is 0 Å². The van der Waals surface area contributed by atoms with Gasteiger partial charge in [0.15, 0.2) is 0 Å². The summed E-state index contributed by atoms with van der Waals surface area (Å²) < 4.78 is 1.66. The SMILES string of the molecule is Cc1nn(C)cc1NC(=O)c1cccc(N)c1. The molecule has 0 aliphatic heterocycles. The van der Waals surface area contributed by atoms with E-state index in [-0.39, 0.29) is 5.91 Å². The summed E-state index contributed by atoms with van der Waals surface area (Å²) in [6.45, 7) is 1.84. The van der Waals surface area contributed by atoms with E-state index in [0.717, 1.165) is 5.69 Å². The average Bonchev–Trinajstić information content (AvgIpc) is 2.57. The molecule has 5 heteroatoms. The highest BCUT2D eigenvalue weighted by atomic mass is 16.1. The van der Waals surface area contributed by atoms with Crippen molar-refractivity contribution in [2.24, 2.45) is 7.05 Å². The van der Waals surface area contributed by atoms with Crippen LogP contribution in [0, 0.1) is 6.92 Å². The van der Waals surface area contributed by atoms with Gasteiger partial charge >= 0.3 is 0 Å². The molecule has 1 aromatic carbocycles. The van der Waals surface area contributed by atoms with E-state index < -0.39 is 0 Å². The van der Waals surface area contributed by atoms with Crippen LogP contribution in [0.1, 0.15) is 16.1 Å². The zero-order chi connectivity index (χ0) is 12.4. The Labute approximate surface area is 99.2 Å². The molecule has 0 spiro atoms. The fourth-order valence-electron chi connectivity index (χ4n) is 1.60. The molecular weight excluding hydrogens is 216 g/mol. The maximum Gasteiger partial charge on any atom is 0.255 e. The van der Waals surface area contributed by atoms with Crippen molar-refractivity contribution in [3.05, 3.63) is 41.7 Å². The van der Waals surface area contributed by atoms with E-state index in [4.69, 9.17) is 5.73 Å². The minimum Gasteiger partial charge on any atom is -0.399 e. The number of hydrogen-bond acceptors (Lipinski definition) is 3. The first-order chi connectivity index (χ1) is 8.06. The van der Waals surface area contributed by atoms with Crippen molar-refractivity contribution in [1.29, 1.82) is 0 Å². The number of benzene rings is 1. The topological polar surface area (TPSA) is 72.9 Å². The van der Waals surface area contributed by atoms with Crippen molar-refractivity contribution < 1.29 is 4.79 Å². The van der Waals surface area contributed by atoms with Crippen LogP contribution in [-0.2, 0) is 7.05 Å². The van der Waals surface area contributed by atoms with Gasteiger partial charge in [0.05, 0.1) is 11.4 Å². The number of carbonyl (C=O) groups excluding carboxylic acids is 1. The minimum atomic E-state index is -0.187. The molecule has 2 aromatic rings. The molecule has 1 heterocycles. The van der Waals surface area contributed by atoms with E-state index in [9.17, 15) is 4.79 Å². The van der Waals surface area contributed by atoms with Crippen molar-refractivity contribution in [2.45, 2.75) is 6.92 Å². The molecule has 5 nitrogen and oxygen atoms in total. The fraction of sp³-hybridized carbons (Fsp3) is 0.167. The molecule has 0 fully saturated rings. The van der Waals surface area contributed by atoms with Crippen molar-refractivity contribution in [3.63, 3.8) is 0 Å². The molecule has 0 aliphatic carbocycles. The quantitative estimate of drug-likeness (QED) is 0.769. The number of hydrogen-bond donors (Lipinski definition) is 2. The number of nitrogen functional groups attached to an aromatic ring is 1. The van der Waals surface area contributed by atoms with E-state index >= 15 is 0 Å². The normalized spacial score (nSPS) is 10.2. The molecule has 2 rings (SSSR count). The lowest BCUT2D eigenvalue weighted by atomic mass is 10.2. The van der Waals surface area contributed by atoms with Crippen molar-refractivity contribution in [1.82, 2.24) is 9.78 Å². The second-order valence-corrected chi connectivity index (χ2v) is 3.88. The van der Waals surface area contributed by atoms with Crippen LogP contribution in [0.4, 0.5) is 11.4 Å². The van der Waals surface area contributed by atoms with Crippen molar-refractivity contribution in [3.8, 4) is 0 Å². The number of carbonyl (C=O) groups is 1. The Morgan fingerprint density at radius 2 is 2.24 bits per heavy atom. The summed E-state index contributed by atoms with van der Waals surface area (Å²) in [6.07, 6.45) is 1.76. The average molecular weight is 230 g/mol. The van der Waals surface area contributed by atoms with Crippen LogP contribution in [0.3, 0.4) is 0 Å². The Hall–Kier alpha value is -2.30. The molecule has 3 N–H and O–H groups in total. The van der Waals surface area contributed by atoms with Crippen LogP contribution in [0.25, 0.3) is 0 Å². The van der Waals surface area contributed by atoms with Crippen LogP contribution >= 0.6 is 0 Å². The predicted molar refractivity (Wildman–Crippen MR) is 66.8 cm³/mol. The molecule has 0 aliphatic rings. The van der Waals surface area contributed by atoms with Gasteiger partial charge in [0.2, 0.25) is 0 Å². The number of amides is 1. The summed E-state index contributed by atoms with van der Waals surface area (Å²) in [5.41, 5.74) is 8.22. The number of aryl methyl sites for hydroxylation is 2. The molecule has 0 unspecified atom stereocenters. The third-order valence-electron chi connectivity index (χ3n) is 2.41. The lowest BCUT2D eigenvalue weighted by molar-refractivity contribution is 0.102. The summed E-state index contributed by atoms with van der Waals surface area (Å²) >= 11 is 0. The van der Waals surface area contributed by atoms with E-state index in [0.29, 0.717) is 16.9 Å². The van der Waals surface area contributed by atoms with Gasteiger partial charge in [-0.3, -0.25) is 9.48 Å². The van der Waals surface area contributed by atoms with Crippen molar-refractivity contribution in [2.75, 3.05) is 11.1 Å². The highest BCUT2D eigenvalue weighted by Crippen LogP contribution is 2.14. The van der Waals surface area contributed by atoms with Gasteiger partial charge in [0.25, 0.3) is 5.91 Å². The molecule has 0 saturated carbocycles. The Bertz CT molecular complexity index is 559. The van der Waals surface area contributed by atoms with Gasteiger partial charge in [-0.25, -0.2) is 0 Å². The molecule has 88 valence electrons. The van der Waals surface area contributed by atoms with Crippen LogP contribution in [-0.4, -0.2) is 15.7 Å². The molecule has 0 radical (unpaired) electrons. The summed E-state index contributed by atoms with van der Waals surface area (Å²) in [6, 6.07) is 6.85. The van der Waals surface area contributed by atoms with Crippen LogP contribution in [0.2, 0.25) is 0 Å². The summed E-state index contributed by atoms with van der Waals surface area (Å²) in [5, 5.41) is 6.95. The zero-order valence-corrected chi connectivity index (χ0v) is 9.77. The number of nitrogens with zero attached hydrogens (tertiary/aromatic N) is 2. The van der Waals surface area contributed by atoms with Gasteiger partial charge in [-0.2, -0.15) is 5.10 Å². The van der Waals surface area contributed by atoms with Crippen LogP contribution < -0.4 is 11.1 Å². The smallest absolute Gasteiger partial charge is 0.255 e.